The van der Waals surface area contributed by atoms with Gasteiger partial charge in [0.05, 0.1) is 50.5 Å². The number of rotatable bonds is 11. The Balaban J connectivity index is 1.72. The molecule has 6 nitrogen and oxygen atoms in total. The third-order valence-corrected chi connectivity index (χ3v) is 5.62. The molecule has 0 saturated carbocycles. The first-order chi connectivity index (χ1) is 14.6. The summed E-state index contributed by atoms with van der Waals surface area (Å²) in [5.74, 6) is 1.63. The van der Waals surface area contributed by atoms with Gasteiger partial charge in [-0.05, 0) is 37.3 Å². The predicted octanol–water partition coefficient (Wildman–Crippen LogP) is 3.03. The summed E-state index contributed by atoms with van der Waals surface area (Å²) < 4.78 is 12.3. The number of hydrogen-bond donors (Lipinski definition) is 1. The molecule has 3 aromatic rings. The van der Waals surface area contributed by atoms with Crippen molar-refractivity contribution >= 4 is 32.6 Å². The smallest absolute Gasteiger partial charge is 0.232 e. The van der Waals surface area contributed by atoms with Crippen molar-refractivity contribution in [3.8, 4) is 11.5 Å². The second kappa shape index (κ2) is 10.9. The number of amides is 1. The van der Waals surface area contributed by atoms with Gasteiger partial charge in [0.2, 0.25) is 5.91 Å². The van der Waals surface area contributed by atoms with Gasteiger partial charge in [-0.2, -0.15) is 0 Å². The van der Waals surface area contributed by atoms with Crippen molar-refractivity contribution in [1.29, 1.82) is 0 Å². The number of benzene rings is 2. The zero-order valence-electron chi connectivity index (χ0n) is 17.9. The standard InChI is InChI=1S/C23H29N3O3S/c1-4-28-19-11-12-20-21(17-19)30-23(24-20)26(15-8-14-25(2)3)22(27)13-16-29-18-9-6-5-7-10-18/h5-7,9-12,17H,4,8,13-16H2,1-3H3/p+1. The number of para-hydroxylation sites is 1. The van der Waals surface area contributed by atoms with E-state index in [2.05, 4.69) is 14.1 Å². The summed E-state index contributed by atoms with van der Waals surface area (Å²) in [6.45, 7) is 4.57. The SMILES string of the molecule is CCOc1ccc2nc(N(CCC[NH+](C)C)C(=O)CCOc3ccccc3)sc2c1. The maximum atomic E-state index is 13.0. The lowest BCUT2D eigenvalue weighted by molar-refractivity contribution is -0.858. The molecule has 0 aliphatic rings. The van der Waals surface area contributed by atoms with Crippen molar-refractivity contribution in [3.63, 3.8) is 0 Å². The Morgan fingerprint density at radius 1 is 1.10 bits per heavy atom. The first-order valence-electron chi connectivity index (χ1n) is 10.4. The number of ether oxygens (including phenoxy) is 2. The lowest BCUT2D eigenvalue weighted by Crippen LogP contribution is -3.05. The summed E-state index contributed by atoms with van der Waals surface area (Å²) in [5.41, 5.74) is 0.884. The number of anilines is 1. The summed E-state index contributed by atoms with van der Waals surface area (Å²) in [5, 5.41) is 0.733. The zero-order chi connectivity index (χ0) is 21.3. The van der Waals surface area contributed by atoms with E-state index in [0.29, 0.717) is 26.2 Å². The number of hydrogen-bond acceptors (Lipinski definition) is 5. The number of fused-ring (bicyclic) bond motifs is 1. The third kappa shape index (κ3) is 6.18. The van der Waals surface area contributed by atoms with E-state index in [9.17, 15) is 4.79 Å². The zero-order valence-corrected chi connectivity index (χ0v) is 18.7. The molecule has 3 rings (SSSR count). The van der Waals surface area contributed by atoms with Gasteiger partial charge < -0.3 is 14.4 Å². The molecule has 30 heavy (non-hydrogen) atoms. The number of aromatic nitrogens is 1. The number of nitrogens with one attached hydrogen (secondary N) is 1. The van der Waals surface area contributed by atoms with E-state index in [0.717, 1.165) is 39.8 Å². The molecule has 0 bridgehead atoms. The summed E-state index contributed by atoms with van der Waals surface area (Å²) in [6, 6.07) is 15.4. The van der Waals surface area contributed by atoms with Gasteiger partial charge in [-0.15, -0.1) is 0 Å². The Hall–Kier alpha value is -2.64. The molecule has 0 aliphatic heterocycles. The van der Waals surface area contributed by atoms with Gasteiger partial charge >= 0.3 is 0 Å². The highest BCUT2D eigenvalue weighted by molar-refractivity contribution is 7.22. The minimum atomic E-state index is 0.0313. The van der Waals surface area contributed by atoms with E-state index < -0.39 is 0 Å². The topological polar surface area (TPSA) is 56.1 Å². The molecule has 0 saturated heterocycles. The van der Waals surface area contributed by atoms with Crippen LogP contribution in [0.5, 0.6) is 11.5 Å². The van der Waals surface area contributed by atoms with E-state index in [-0.39, 0.29) is 5.91 Å². The van der Waals surface area contributed by atoms with Crippen LogP contribution >= 0.6 is 11.3 Å². The quantitative estimate of drug-likeness (QED) is 0.510. The maximum absolute atomic E-state index is 13.0. The molecule has 0 fully saturated rings. The number of carbonyl (C=O) groups is 1. The van der Waals surface area contributed by atoms with E-state index in [4.69, 9.17) is 14.5 Å². The Kier molecular flexibility index (Phi) is 8.04. The van der Waals surface area contributed by atoms with Crippen LogP contribution in [0.25, 0.3) is 10.2 Å². The van der Waals surface area contributed by atoms with Crippen LogP contribution in [0, 0.1) is 0 Å². The molecule has 0 aliphatic carbocycles. The fourth-order valence-electron chi connectivity index (χ4n) is 3.09. The van der Waals surface area contributed by atoms with Crippen molar-refractivity contribution in [3.05, 3.63) is 48.5 Å². The summed E-state index contributed by atoms with van der Waals surface area (Å²) in [4.78, 5) is 20.9. The summed E-state index contributed by atoms with van der Waals surface area (Å²) in [6.07, 6.45) is 1.22. The molecule has 160 valence electrons. The Morgan fingerprint density at radius 2 is 1.90 bits per heavy atom. The highest BCUT2D eigenvalue weighted by Crippen LogP contribution is 2.32. The van der Waals surface area contributed by atoms with Crippen LogP contribution in [0.4, 0.5) is 5.13 Å². The van der Waals surface area contributed by atoms with Gasteiger partial charge in [0, 0.05) is 13.0 Å². The molecule has 1 aromatic heterocycles. The van der Waals surface area contributed by atoms with Gasteiger partial charge in [0.25, 0.3) is 0 Å². The highest BCUT2D eigenvalue weighted by atomic mass is 32.1. The van der Waals surface area contributed by atoms with Crippen molar-refractivity contribution in [2.24, 2.45) is 0 Å². The number of thiazole rings is 1. The van der Waals surface area contributed by atoms with Crippen LogP contribution in [-0.4, -0.2) is 51.3 Å². The second-order valence-corrected chi connectivity index (χ2v) is 8.34. The van der Waals surface area contributed by atoms with Gasteiger partial charge in [0.1, 0.15) is 11.5 Å². The number of quaternary nitrogens is 1. The average molecular weight is 429 g/mol. The van der Waals surface area contributed by atoms with E-state index in [1.54, 1.807) is 0 Å². The predicted molar refractivity (Wildman–Crippen MR) is 122 cm³/mol. The summed E-state index contributed by atoms with van der Waals surface area (Å²) >= 11 is 1.53. The molecule has 1 heterocycles. The van der Waals surface area contributed by atoms with Crippen LogP contribution in [0.1, 0.15) is 19.8 Å². The van der Waals surface area contributed by atoms with Crippen molar-refractivity contribution in [1.82, 2.24) is 4.98 Å². The van der Waals surface area contributed by atoms with Crippen molar-refractivity contribution in [2.45, 2.75) is 19.8 Å². The van der Waals surface area contributed by atoms with E-state index >= 15 is 0 Å². The normalized spacial score (nSPS) is 11.1. The average Bonchev–Trinajstić information content (AvgIpc) is 3.15. The molecule has 1 N–H and O–H groups in total. The minimum absolute atomic E-state index is 0.0313. The first kappa shape index (κ1) is 22.1. The first-order valence-corrected chi connectivity index (χ1v) is 11.2. The lowest BCUT2D eigenvalue weighted by atomic mass is 10.3. The fourth-order valence-corrected chi connectivity index (χ4v) is 4.13. The fraction of sp³-hybridized carbons (Fsp3) is 0.391. The highest BCUT2D eigenvalue weighted by Gasteiger charge is 2.20. The van der Waals surface area contributed by atoms with Crippen molar-refractivity contribution in [2.75, 3.05) is 45.3 Å². The minimum Gasteiger partial charge on any atom is -0.494 e. The van der Waals surface area contributed by atoms with Crippen LogP contribution < -0.4 is 19.3 Å². The molecule has 0 spiro atoms. The molecular weight excluding hydrogens is 398 g/mol. The Labute approximate surface area is 182 Å². The van der Waals surface area contributed by atoms with Crippen molar-refractivity contribution < 1.29 is 19.2 Å². The monoisotopic (exact) mass is 428 g/mol. The number of nitrogens with zero attached hydrogens (tertiary/aromatic N) is 2. The Morgan fingerprint density at radius 3 is 2.63 bits per heavy atom. The number of carbonyl (C=O) groups excluding carboxylic acids is 1. The molecule has 0 radical (unpaired) electrons. The van der Waals surface area contributed by atoms with Crippen LogP contribution in [0.2, 0.25) is 0 Å². The molecule has 0 atom stereocenters. The lowest BCUT2D eigenvalue weighted by Gasteiger charge is -2.20. The molecule has 0 unspecified atom stereocenters. The second-order valence-electron chi connectivity index (χ2n) is 7.33. The third-order valence-electron chi connectivity index (χ3n) is 4.58. The van der Waals surface area contributed by atoms with Gasteiger partial charge in [-0.3, -0.25) is 9.69 Å². The van der Waals surface area contributed by atoms with Crippen LogP contribution in [-0.2, 0) is 4.79 Å². The molecular formula is C23H30N3O3S+. The van der Waals surface area contributed by atoms with Crippen LogP contribution in [0.3, 0.4) is 0 Å². The van der Waals surface area contributed by atoms with Gasteiger partial charge in [0.15, 0.2) is 5.13 Å². The Bertz CT molecular complexity index is 943. The van der Waals surface area contributed by atoms with E-state index in [1.165, 1.54) is 16.2 Å². The largest absolute Gasteiger partial charge is 0.494 e. The van der Waals surface area contributed by atoms with Gasteiger partial charge in [-0.25, -0.2) is 4.98 Å². The maximum Gasteiger partial charge on any atom is 0.232 e. The molecule has 1 amide bonds. The van der Waals surface area contributed by atoms with Crippen LogP contribution in [0.15, 0.2) is 48.5 Å². The van der Waals surface area contributed by atoms with Gasteiger partial charge in [-0.1, -0.05) is 29.5 Å². The molecule has 7 heteroatoms. The summed E-state index contributed by atoms with van der Waals surface area (Å²) in [7, 11) is 4.24. The molecule has 2 aromatic carbocycles. The van der Waals surface area contributed by atoms with E-state index in [1.807, 2.05) is 60.4 Å².